The van der Waals surface area contributed by atoms with Crippen LogP contribution in [0.2, 0.25) is 5.02 Å². The summed E-state index contributed by atoms with van der Waals surface area (Å²) in [5, 5.41) is 0.605. The largest absolute Gasteiger partial charge is 0.341 e. The molecule has 0 aliphatic rings. The first kappa shape index (κ1) is 13.1. The highest BCUT2D eigenvalue weighted by Gasteiger charge is 2.38. The van der Waals surface area contributed by atoms with Crippen LogP contribution in [-0.4, -0.2) is 14.3 Å². The van der Waals surface area contributed by atoms with E-state index in [9.17, 15) is 4.57 Å². The van der Waals surface area contributed by atoms with Gasteiger partial charge in [0, 0.05) is 9.92 Å². The van der Waals surface area contributed by atoms with Crippen LogP contribution in [-0.2, 0) is 4.57 Å². The van der Waals surface area contributed by atoms with Gasteiger partial charge in [0.2, 0.25) is 0 Å². The van der Waals surface area contributed by atoms with Gasteiger partial charge in [0.05, 0.1) is 0 Å². The summed E-state index contributed by atoms with van der Waals surface area (Å²) in [4.78, 5) is 19.0. The zero-order valence-electron chi connectivity index (χ0n) is 8.35. The van der Waals surface area contributed by atoms with Gasteiger partial charge < -0.3 is 9.79 Å². The van der Waals surface area contributed by atoms with Crippen LogP contribution in [0.1, 0.15) is 13.8 Å². The third-order valence-corrected chi connectivity index (χ3v) is 5.53. The van der Waals surface area contributed by atoms with Gasteiger partial charge in [-0.2, -0.15) is 0 Å². The van der Waals surface area contributed by atoms with E-state index < -0.39 is 12.1 Å². The van der Waals surface area contributed by atoms with Crippen LogP contribution in [0.15, 0.2) is 29.2 Å². The van der Waals surface area contributed by atoms with Crippen molar-refractivity contribution in [2.75, 3.05) is 0 Å². The Kier molecular flexibility index (Phi) is 3.90. The van der Waals surface area contributed by atoms with Crippen molar-refractivity contribution in [3.63, 3.8) is 0 Å². The van der Waals surface area contributed by atoms with Crippen LogP contribution < -0.4 is 0 Å². The molecule has 0 aromatic heterocycles. The fourth-order valence-corrected chi connectivity index (χ4v) is 2.62. The maximum atomic E-state index is 11.2. The predicted molar refractivity (Wildman–Crippen MR) is 63.4 cm³/mol. The summed E-state index contributed by atoms with van der Waals surface area (Å²) < 4.78 is 10.0. The molecule has 1 aromatic rings. The molecule has 0 fully saturated rings. The molecule has 1 aromatic carbocycles. The van der Waals surface area contributed by atoms with Crippen molar-refractivity contribution in [3.8, 4) is 0 Å². The SMILES string of the molecule is CC(C)(Sc1ccc(Cl)cc1)P(=O)(O)O. The van der Waals surface area contributed by atoms with Gasteiger partial charge in [-0.3, -0.25) is 4.57 Å². The van der Waals surface area contributed by atoms with Gasteiger partial charge in [0.15, 0.2) is 0 Å². The molecule has 0 aliphatic carbocycles. The van der Waals surface area contributed by atoms with Gasteiger partial charge in [-0.15, -0.1) is 11.8 Å². The summed E-state index contributed by atoms with van der Waals surface area (Å²) in [7, 11) is -4.12. The maximum absolute atomic E-state index is 11.2. The Bertz CT molecular complexity index is 385. The third-order valence-electron chi connectivity index (χ3n) is 1.88. The quantitative estimate of drug-likeness (QED) is 0.651. The van der Waals surface area contributed by atoms with Gasteiger partial charge in [-0.1, -0.05) is 11.6 Å². The van der Waals surface area contributed by atoms with Gasteiger partial charge in [0.1, 0.15) is 4.49 Å². The highest BCUT2D eigenvalue weighted by molar-refractivity contribution is 8.06. The van der Waals surface area contributed by atoms with Gasteiger partial charge in [-0.05, 0) is 38.1 Å². The number of halogens is 1. The van der Waals surface area contributed by atoms with Crippen molar-refractivity contribution >= 4 is 31.0 Å². The van der Waals surface area contributed by atoms with Crippen LogP contribution in [0.4, 0.5) is 0 Å². The number of thioether (sulfide) groups is 1. The Balaban J connectivity index is 2.87. The van der Waals surface area contributed by atoms with Crippen molar-refractivity contribution < 1.29 is 14.4 Å². The van der Waals surface area contributed by atoms with Crippen LogP contribution in [0.5, 0.6) is 0 Å². The number of benzene rings is 1. The topological polar surface area (TPSA) is 57.5 Å². The normalized spacial score (nSPS) is 12.9. The molecular formula is C9H12ClO3PS. The van der Waals surface area contributed by atoms with E-state index >= 15 is 0 Å². The fraction of sp³-hybridized carbons (Fsp3) is 0.333. The molecule has 0 bridgehead atoms. The van der Waals surface area contributed by atoms with Crippen molar-refractivity contribution in [1.82, 2.24) is 0 Å². The van der Waals surface area contributed by atoms with E-state index in [1.54, 1.807) is 24.3 Å². The zero-order chi connectivity index (χ0) is 11.7. The second kappa shape index (κ2) is 4.48. The Labute approximate surface area is 98.0 Å². The molecule has 15 heavy (non-hydrogen) atoms. The van der Waals surface area contributed by atoms with E-state index in [4.69, 9.17) is 21.4 Å². The van der Waals surface area contributed by atoms with E-state index in [2.05, 4.69) is 0 Å². The highest BCUT2D eigenvalue weighted by atomic mass is 35.5. The molecule has 84 valence electrons. The molecule has 0 atom stereocenters. The first-order valence-corrected chi connectivity index (χ1v) is 7.03. The molecule has 0 unspecified atom stereocenters. The molecule has 0 aliphatic heterocycles. The molecule has 6 heteroatoms. The number of hydrogen-bond donors (Lipinski definition) is 2. The van der Waals surface area contributed by atoms with Gasteiger partial charge in [0.25, 0.3) is 0 Å². The lowest BCUT2D eigenvalue weighted by Gasteiger charge is -2.24. The standard InChI is InChI=1S/C9H12ClO3PS/c1-9(2,14(11,12)13)15-8-5-3-7(10)4-6-8/h3-6H,1-2H3,(H2,11,12,13). The average molecular weight is 267 g/mol. The maximum Gasteiger partial charge on any atom is 0.341 e. The minimum absolute atomic E-state index is 0.605. The Morgan fingerprint density at radius 2 is 1.73 bits per heavy atom. The first-order valence-electron chi connectivity index (χ1n) is 4.22. The lowest BCUT2D eigenvalue weighted by molar-refractivity contribution is 0.358. The van der Waals surface area contributed by atoms with E-state index in [-0.39, 0.29) is 0 Å². The second-order valence-electron chi connectivity index (χ2n) is 3.55. The van der Waals surface area contributed by atoms with Crippen LogP contribution >= 0.6 is 31.0 Å². The smallest absolute Gasteiger partial charge is 0.323 e. The lowest BCUT2D eigenvalue weighted by Crippen LogP contribution is -2.14. The molecular weight excluding hydrogens is 255 g/mol. The van der Waals surface area contributed by atoms with Gasteiger partial charge in [-0.25, -0.2) is 0 Å². The van der Waals surface area contributed by atoms with Crippen LogP contribution in [0.3, 0.4) is 0 Å². The molecule has 0 radical (unpaired) electrons. The molecule has 2 N–H and O–H groups in total. The van der Waals surface area contributed by atoms with E-state index in [0.29, 0.717) is 5.02 Å². The van der Waals surface area contributed by atoms with Crippen molar-refractivity contribution in [3.05, 3.63) is 29.3 Å². The molecule has 0 spiro atoms. The summed E-state index contributed by atoms with van der Waals surface area (Å²) in [6, 6.07) is 6.87. The third kappa shape index (κ3) is 3.51. The molecule has 1 rings (SSSR count). The summed E-state index contributed by atoms with van der Waals surface area (Å²) in [5.41, 5.74) is 0. The zero-order valence-corrected chi connectivity index (χ0v) is 10.8. The Hall–Kier alpha value is 0.01000. The van der Waals surface area contributed by atoms with Crippen molar-refractivity contribution in [2.45, 2.75) is 23.2 Å². The van der Waals surface area contributed by atoms with E-state index in [1.165, 1.54) is 13.8 Å². The lowest BCUT2D eigenvalue weighted by atomic mass is 10.4. The summed E-state index contributed by atoms with van der Waals surface area (Å²) in [6.45, 7) is 3.04. The van der Waals surface area contributed by atoms with Crippen molar-refractivity contribution in [1.29, 1.82) is 0 Å². The summed E-state index contributed by atoms with van der Waals surface area (Å²) in [5.74, 6) is 0. The second-order valence-corrected chi connectivity index (χ2v) is 8.19. The molecule has 0 saturated carbocycles. The Morgan fingerprint density at radius 3 is 2.13 bits per heavy atom. The molecule has 0 amide bonds. The number of rotatable bonds is 3. The Morgan fingerprint density at radius 1 is 1.27 bits per heavy atom. The minimum Gasteiger partial charge on any atom is -0.323 e. The molecule has 0 saturated heterocycles. The first-order chi connectivity index (χ1) is 6.72. The van der Waals surface area contributed by atoms with Crippen molar-refractivity contribution in [2.24, 2.45) is 0 Å². The summed E-state index contributed by atoms with van der Waals surface area (Å²) in [6.07, 6.45) is 0. The monoisotopic (exact) mass is 266 g/mol. The van der Waals surface area contributed by atoms with E-state index in [1.807, 2.05) is 0 Å². The summed E-state index contributed by atoms with van der Waals surface area (Å²) >= 11 is 6.85. The van der Waals surface area contributed by atoms with Crippen LogP contribution in [0, 0.1) is 0 Å². The fourth-order valence-electron chi connectivity index (χ4n) is 0.851. The predicted octanol–water partition coefficient (Wildman–Crippen LogP) is 3.35. The van der Waals surface area contributed by atoms with Gasteiger partial charge >= 0.3 is 7.60 Å². The molecule has 3 nitrogen and oxygen atoms in total. The minimum atomic E-state index is -4.12. The van der Waals surface area contributed by atoms with E-state index in [0.717, 1.165) is 16.7 Å². The number of hydrogen-bond acceptors (Lipinski definition) is 2. The highest BCUT2D eigenvalue weighted by Crippen LogP contribution is 2.58. The average Bonchev–Trinajstić information content (AvgIpc) is 2.06. The van der Waals surface area contributed by atoms with Crippen LogP contribution in [0.25, 0.3) is 0 Å². The molecule has 0 heterocycles.